The first-order chi connectivity index (χ1) is 32.0. The Labute approximate surface area is 406 Å². The van der Waals surface area contributed by atoms with Crippen molar-refractivity contribution in [2.24, 2.45) is 0 Å². The zero-order valence-corrected chi connectivity index (χ0v) is 44.0. The topological polar surface area (TPSA) is 111 Å². The Bertz CT molecular complexity index is 1350. The Kier molecular flexibility index (Phi) is 45.7. The van der Waals surface area contributed by atoms with Crippen LogP contribution < -0.4 is 4.89 Å². The normalized spacial score (nSPS) is 14.0. The molecule has 0 saturated heterocycles. The number of likely N-dealkylation sites (N-methyl/N-ethyl adjacent to an activating group) is 1. The van der Waals surface area contributed by atoms with Gasteiger partial charge in [-0.3, -0.25) is 14.2 Å². The van der Waals surface area contributed by atoms with Crippen LogP contribution in [0.15, 0.2) is 72.9 Å². The predicted octanol–water partition coefficient (Wildman–Crippen LogP) is 15.5. The number of rotatable bonds is 48. The second kappa shape index (κ2) is 47.5. The second-order valence-corrected chi connectivity index (χ2v) is 20.3. The van der Waals surface area contributed by atoms with Gasteiger partial charge in [-0.05, 0) is 83.5 Å². The summed E-state index contributed by atoms with van der Waals surface area (Å²) in [5, 5.41) is 0. The highest BCUT2D eigenvalue weighted by atomic mass is 31.2. The van der Waals surface area contributed by atoms with E-state index >= 15 is 0 Å². The summed E-state index contributed by atoms with van der Waals surface area (Å²) in [6.45, 7) is 4.09. The first kappa shape index (κ1) is 63.5. The molecular weight excluding hydrogens is 846 g/mol. The zero-order chi connectivity index (χ0) is 48.5. The number of hydrogen-bond donors (Lipinski definition) is 0. The van der Waals surface area contributed by atoms with E-state index in [1.807, 2.05) is 21.1 Å². The molecule has 0 fully saturated rings. The fourth-order valence-corrected chi connectivity index (χ4v) is 7.82. The summed E-state index contributed by atoms with van der Waals surface area (Å²) in [7, 11) is 1.14. The van der Waals surface area contributed by atoms with Crippen LogP contribution in [0.2, 0.25) is 0 Å². The fraction of sp³-hybridized carbons (Fsp3) is 0.750. The van der Waals surface area contributed by atoms with Crippen molar-refractivity contribution in [1.29, 1.82) is 0 Å². The summed E-state index contributed by atoms with van der Waals surface area (Å²) in [4.78, 5) is 37.8. The molecule has 0 radical (unpaired) electrons. The number of esters is 2. The largest absolute Gasteiger partial charge is 0.756 e. The molecule has 0 aliphatic heterocycles. The molecule has 0 bridgehead atoms. The molecule has 0 aromatic carbocycles. The second-order valence-electron chi connectivity index (χ2n) is 18.9. The maximum atomic E-state index is 12.7. The molecule has 0 amide bonds. The maximum absolute atomic E-state index is 12.7. The molecule has 10 heteroatoms. The molecule has 0 aliphatic carbocycles. The highest BCUT2D eigenvalue weighted by molar-refractivity contribution is 7.45. The average Bonchev–Trinajstić information content (AvgIpc) is 3.27. The van der Waals surface area contributed by atoms with Crippen LogP contribution >= 0.6 is 7.82 Å². The number of quaternary nitrogens is 1. The van der Waals surface area contributed by atoms with Gasteiger partial charge >= 0.3 is 11.9 Å². The molecule has 0 N–H and O–H groups in total. The van der Waals surface area contributed by atoms with E-state index in [0.29, 0.717) is 17.4 Å². The number of carbonyl (C=O) groups is 2. The van der Waals surface area contributed by atoms with Crippen molar-refractivity contribution in [3.05, 3.63) is 72.9 Å². The van der Waals surface area contributed by atoms with Gasteiger partial charge in [0, 0.05) is 12.8 Å². The number of unbranched alkanes of at least 4 members (excludes halogenated alkanes) is 22. The molecule has 0 aromatic heterocycles. The predicted molar refractivity (Wildman–Crippen MR) is 277 cm³/mol. The number of phosphoric acid groups is 1. The Morgan fingerprint density at radius 1 is 0.485 bits per heavy atom. The quantitative estimate of drug-likeness (QED) is 0.0195. The minimum Gasteiger partial charge on any atom is -0.756 e. The van der Waals surface area contributed by atoms with Crippen LogP contribution in [0, 0.1) is 0 Å². The van der Waals surface area contributed by atoms with Gasteiger partial charge in [0.15, 0.2) is 6.10 Å². The van der Waals surface area contributed by atoms with E-state index in [2.05, 4.69) is 86.8 Å². The van der Waals surface area contributed by atoms with Gasteiger partial charge < -0.3 is 27.9 Å². The molecule has 66 heavy (non-hydrogen) atoms. The van der Waals surface area contributed by atoms with Crippen molar-refractivity contribution in [1.82, 2.24) is 0 Å². The highest BCUT2D eigenvalue weighted by Crippen LogP contribution is 2.38. The summed E-state index contributed by atoms with van der Waals surface area (Å²) in [5.41, 5.74) is 0. The summed E-state index contributed by atoms with van der Waals surface area (Å²) in [6.07, 6.45) is 60.8. The molecule has 2 unspecified atom stereocenters. The standard InChI is InChI=1S/C56H100NO8P/c1-6-8-10-12-14-16-18-20-22-24-26-27-28-29-31-32-34-36-38-40-42-44-46-48-55(58)62-52-54(53-64-66(60,61)63-51-50-57(3,4)5)65-56(59)49-47-45-43-41-39-37-35-33-30-25-23-21-19-17-15-13-11-9-7-2/h9,11,15,17,21,23-24,26,30,33,37,39,54H,6-8,10,12-14,16,18-20,22,25,27-29,31-32,34-36,38,40-53H2,1-5H3/b11-9-,17-15-,23-21-,26-24-,33-30-,39-37-. The number of ether oxygens (including phenoxy) is 2. The molecule has 0 saturated carbocycles. The lowest BCUT2D eigenvalue weighted by molar-refractivity contribution is -0.870. The van der Waals surface area contributed by atoms with E-state index in [-0.39, 0.29) is 26.1 Å². The molecule has 2 atom stereocenters. The minimum absolute atomic E-state index is 0.0406. The highest BCUT2D eigenvalue weighted by Gasteiger charge is 2.21. The SMILES string of the molecule is CC/C=C\C/C=C\C/C=C\C/C=C\C/C=C\CCCCCC(=O)OC(COC(=O)CCCCCCCCCCCCC/C=C\CCCCCCCCCC)COP(=O)([O-])OCC[N+](C)(C)C. The van der Waals surface area contributed by atoms with Crippen LogP contribution in [0.1, 0.15) is 219 Å². The lowest BCUT2D eigenvalue weighted by atomic mass is 10.0. The van der Waals surface area contributed by atoms with Gasteiger partial charge in [0.05, 0.1) is 27.7 Å². The number of allylic oxidation sites excluding steroid dienone is 12. The molecule has 0 spiro atoms. The Morgan fingerprint density at radius 2 is 0.864 bits per heavy atom. The Hall–Kier alpha value is -2.55. The van der Waals surface area contributed by atoms with E-state index in [0.717, 1.165) is 70.6 Å². The van der Waals surface area contributed by atoms with Crippen LogP contribution in [0.5, 0.6) is 0 Å². The van der Waals surface area contributed by atoms with Crippen LogP contribution in [0.4, 0.5) is 0 Å². The first-order valence-corrected chi connectivity index (χ1v) is 28.1. The van der Waals surface area contributed by atoms with Crippen LogP contribution in [0.25, 0.3) is 0 Å². The molecule has 0 rings (SSSR count). The van der Waals surface area contributed by atoms with Crippen molar-refractivity contribution in [2.45, 2.75) is 225 Å². The summed E-state index contributed by atoms with van der Waals surface area (Å²) < 4.78 is 34.0. The van der Waals surface area contributed by atoms with Crippen molar-refractivity contribution >= 4 is 19.8 Å². The third-order valence-electron chi connectivity index (χ3n) is 11.2. The van der Waals surface area contributed by atoms with Gasteiger partial charge in [0.25, 0.3) is 7.82 Å². The van der Waals surface area contributed by atoms with E-state index in [4.69, 9.17) is 18.5 Å². The van der Waals surface area contributed by atoms with Gasteiger partial charge in [-0.2, -0.15) is 0 Å². The van der Waals surface area contributed by atoms with Gasteiger partial charge in [0.1, 0.15) is 19.8 Å². The summed E-state index contributed by atoms with van der Waals surface area (Å²) in [6, 6.07) is 0. The smallest absolute Gasteiger partial charge is 0.306 e. The van der Waals surface area contributed by atoms with Gasteiger partial charge in [0.2, 0.25) is 0 Å². The first-order valence-electron chi connectivity index (χ1n) is 26.6. The number of phosphoric ester groups is 1. The number of carbonyl (C=O) groups excluding carboxylic acids is 2. The van der Waals surface area contributed by atoms with Crippen LogP contribution in [0.3, 0.4) is 0 Å². The Balaban J connectivity index is 4.27. The van der Waals surface area contributed by atoms with Crippen molar-refractivity contribution in [2.75, 3.05) is 47.5 Å². The maximum Gasteiger partial charge on any atom is 0.306 e. The molecule has 0 aliphatic rings. The average molecular weight is 946 g/mol. The van der Waals surface area contributed by atoms with Crippen molar-refractivity contribution in [3.8, 4) is 0 Å². The molecule has 9 nitrogen and oxygen atoms in total. The number of hydrogen-bond acceptors (Lipinski definition) is 8. The molecule has 0 aromatic rings. The fourth-order valence-electron chi connectivity index (χ4n) is 7.09. The monoisotopic (exact) mass is 946 g/mol. The summed E-state index contributed by atoms with van der Waals surface area (Å²) >= 11 is 0. The van der Waals surface area contributed by atoms with E-state index in [1.54, 1.807) is 0 Å². The van der Waals surface area contributed by atoms with E-state index in [9.17, 15) is 19.0 Å². The van der Waals surface area contributed by atoms with Gasteiger partial charge in [-0.25, -0.2) is 0 Å². The van der Waals surface area contributed by atoms with Gasteiger partial charge in [-0.15, -0.1) is 0 Å². The zero-order valence-electron chi connectivity index (χ0n) is 43.1. The van der Waals surface area contributed by atoms with Crippen LogP contribution in [-0.2, 0) is 32.7 Å². The number of nitrogens with zero attached hydrogens (tertiary/aromatic N) is 1. The third kappa shape index (κ3) is 50.9. The Morgan fingerprint density at radius 3 is 1.32 bits per heavy atom. The molecule has 0 heterocycles. The van der Waals surface area contributed by atoms with Crippen molar-refractivity contribution < 1.29 is 42.1 Å². The lowest BCUT2D eigenvalue weighted by Crippen LogP contribution is -2.37. The molecule has 382 valence electrons. The van der Waals surface area contributed by atoms with Crippen molar-refractivity contribution in [3.63, 3.8) is 0 Å². The third-order valence-corrected chi connectivity index (χ3v) is 12.2. The lowest BCUT2D eigenvalue weighted by Gasteiger charge is -2.28. The van der Waals surface area contributed by atoms with E-state index < -0.39 is 32.5 Å². The van der Waals surface area contributed by atoms with Crippen LogP contribution in [-0.4, -0.2) is 70.0 Å². The van der Waals surface area contributed by atoms with E-state index in [1.165, 1.54) is 116 Å². The summed E-state index contributed by atoms with van der Waals surface area (Å²) in [5.74, 6) is -0.872. The minimum atomic E-state index is -4.65. The molecular formula is C56H100NO8P. The van der Waals surface area contributed by atoms with Gasteiger partial charge in [-0.1, -0.05) is 196 Å².